The number of ketones is 8. The van der Waals surface area contributed by atoms with Crippen LogP contribution in [-0.4, -0.2) is 71.2 Å². The van der Waals surface area contributed by atoms with Crippen LogP contribution in [0.5, 0.6) is 0 Å². The van der Waals surface area contributed by atoms with Crippen molar-refractivity contribution in [3.8, 4) is 56.3 Å². The second kappa shape index (κ2) is 55.8. The van der Waals surface area contributed by atoms with Crippen molar-refractivity contribution in [2.45, 2.75) is 155 Å². The van der Waals surface area contributed by atoms with Gasteiger partial charge in [0.1, 0.15) is 46.3 Å². The zero-order valence-electron chi connectivity index (χ0n) is 84.1. The normalized spacial score (nSPS) is 10.7. The molecule has 0 amide bonds. The third-order valence-electron chi connectivity index (χ3n) is 18.8. The maximum atomic E-state index is 13.3. The van der Waals surface area contributed by atoms with Crippen LogP contribution in [0.1, 0.15) is 172 Å². The molecule has 0 unspecified atom stereocenters. The molecule has 24 heteroatoms. The van der Waals surface area contributed by atoms with Crippen molar-refractivity contribution in [1.29, 1.82) is 0 Å². The van der Waals surface area contributed by atoms with Crippen molar-refractivity contribution < 1.29 is 186 Å². The summed E-state index contributed by atoms with van der Waals surface area (Å²) in [6, 6.07) is 85.4. The summed E-state index contributed by atoms with van der Waals surface area (Å²) in [7, 11) is 0. The number of pyridine rings is 5. The number of alkyl halides is 3. The Morgan fingerprint density at radius 3 is 1.02 bits per heavy atom. The van der Waals surface area contributed by atoms with E-state index in [2.05, 4.69) is 150 Å². The molecular formula is C108H122F6Ir5N5O8-5. The van der Waals surface area contributed by atoms with Gasteiger partial charge in [-0.05, 0) is 159 Å². The first kappa shape index (κ1) is 110. The predicted octanol–water partition coefficient (Wildman–Crippen LogP) is 28.6. The van der Waals surface area contributed by atoms with Crippen LogP contribution in [0.4, 0.5) is 26.3 Å². The van der Waals surface area contributed by atoms with Gasteiger partial charge in [0, 0.05) is 180 Å². The van der Waals surface area contributed by atoms with E-state index in [1.807, 2.05) is 175 Å². The standard InChI is InChI=1S/C19H18N.C16H9F3N.C16H11FN.C16H12N.C15H8F2N.C11H20O2.3C5H8O2.5Ir.10H2/c1-19(2,3)16-10-8-15(9-11-16)18-17-7-5-4-6-14(17)12-13-20-18;17-16(18,19)13-7-5-12(6-8-13)15-14-4-2-1-3-11(14)9-10-20-15;1-11-10-13(6-7-15(11)17)16-14-5-3-2-4-12(14)8-9-18-16;1-12-5-4-8-14(9-12)16-10-13-6-2-3-7-15(13)11-17-16;16-12-7-11(8-13(17)9-12)15-14-4-2-1-3-10(14)5-6-18-15;1-10(2,3)8(12)7-9(13)11(4,5)6;3*1-4(6)3-5(2)7;;;;;;;;;;;;;;;/h4-8,10-13H,1-3H3;1-5,7-10H;2-5,7-10H,1H3;2-7,9-11H,1H3;1-7,9H;7H2,1-6H3;3*3H2,1-2H3;;;;;;10*1H/q5*-1;;;;;;;;;;;;;;;;;;;/i;;;;;;;;;;;;;;4*1+1D;6*1+1. The summed E-state index contributed by atoms with van der Waals surface area (Å²) >= 11 is 0. The quantitative estimate of drug-likeness (QED) is 0.0600. The first-order valence-electron chi connectivity index (χ1n) is 44.8. The second-order valence-electron chi connectivity index (χ2n) is 33.2. The van der Waals surface area contributed by atoms with Gasteiger partial charge < -0.3 is 24.9 Å². The summed E-state index contributed by atoms with van der Waals surface area (Å²) < 4.78 is 117. The third kappa shape index (κ3) is 38.6. The molecule has 15 rings (SSSR count). The predicted molar refractivity (Wildman–Crippen MR) is 516 cm³/mol. The summed E-state index contributed by atoms with van der Waals surface area (Å²) in [6.07, 6.45) is 4.78. The molecule has 0 saturated heterocycles. The summed E-state index contributed by atoms with van der Waals surface area (Å²) in [4.78, 5) is 105. The Balaban J connectivity index is -0.000000207. The monoisotopic (exact) mass is 2710 g/mol. The molecule has 5 aromatic heterocycles. The molecule has 15 aromatic rings. The minimum atomic E-state index is -4.35. The van der Waals surface area contributed by atoms with Crippen LogP contribution < -0.4 is 0 Å². The molecule has 0 N–H and O–H groups in total. The molecule has 0 fully saturated rings. The maximum Gasteiger partial charge on any atom is 0.381 e. The van der Waals surface area contributed by atoms with Gasteiger partial charge in [-0.25, -0.2) is 8.78 Å². The number of carbonyl (C=O) groups is 8. The summed E-state index contributed by atoms with van der Waals surface area (Å²) in [5.74, 6) is -1.92. The number of Topliss-reactive ketones (excluding diaryl/α,β-unsaturated/α-hetero) is 8. The van der Waals surface area contributed by atoms with Crippen LogP contribution in [-0.2, 0) is 150 Å². The molecule has 0 bridgehead atoms. The number of benzene rings is 10. The molecule has 0 aliphatic rings. The smallest absolute Gasteiger partial charge is 0.304 e. The van der Waals surface area contributed by atoms with Crippen molar-refractivity contribution in [3.05, 3.63) is 332 Å². The van der Waals surface area contributed by atoms with Crippen LogP contribution in [0, 0.1) is 72.5 Å². The van der Waals surface area contributed by atoms with Gasteiger partial charge in [-0.2, -0.15) is 13.2 Å². The van der Waals surface area contributed by atoms with E-state index in [0.29, 0.717) is 28.1 Å². The summed E-state index contributed by atoms with van der Waals surface area (Å²) in [6.45, 7) is 29.9. The first-order valence-corrected chi connectivity index (χ1v) is 40.8. The fraction of sp³-hybridized carbons (Fsp3) is 0.231. The number of hydrogen-bond donors (Lipinski definition) is 0. The molecule has 719 valence electrons. The van der Waals surface area contributed by atoms with E-state index >= 15 is 0 Å². The largest absolute Gasteiger partial charge is 0.381 e. The Hall–Kier alpha value is -10.6. The van der Waals surface area contributed by atoms with Gasteiger partial charge in [-0.1, -0.05) is 215 Å². The Labute approximate surface area is 857 Å². The molecule has 10 aromatic carbocycles. The third-order valence-corrected chi connectivity index (χ3v) is 18.8. The molecule has 132 heavy (non-hydrogen) atoms. The van der Waals surface area contributed by atoms with Crippen LogP contribution >= 0.6 is 0 Å². The zero-order valence-corrected chi connectivity index (χ0v) is 88.1. The number of aromatic nitrogens is 5. The minimum absolute atomic E-state index is 0. The molecule has 5 radical (unpaired) electrons. The van der Waals surface area contributed by atoms with E-state index in [9.17, 15) is 64.7 Å². The average Bonchev–Trinajstić information content (AvgIpc) is 0.817. The minimum Gasteiger partial charge on any atom is -0.304 e. The molecule has 0 atom stereocenters. The second-order valence-corrected chi connectivity index (χ2v) is 33.2. The summed E-state index contributed by atoms with van der Waals surface area (Å²) in [5.41, 5.74) is 9.57. The van der Waals surface area contributed by atoms with Gasteiger partial charge in [-0.3, -0.25) is 42.7 Å². The van der Waals surface area contributed by atoms with Crippen molar-refractivity contribution in [3.63, 3.8) is 0 Å². The van der Waals surface area contributed by atoms with Gasteiger partial charge >= 0.3 is 6.18 Å². The SMILES string of the molecule is CC(=O)CC(C)=O.CC(=O)CC(C)=O.CC(=O)CC(C)=O.CC(C)(C)C(=O)CC(=O)C(C)(C)C.CC(C)(C)c1c[c-]c(-c2nccc3ccccc23)cc1.Cc1cc(-c2nccc3ccccc23)[c-]cc1F.Cc1cc[c-]c(-c2cc3ccccc3cn2)c1.FC(F)(F)c1c[c-]c(-c2nccc3ccccc23)cc1.Fc1[c-]c(-c2nccc3ccccc23)cc(F)c1.[2HH].[2HH].[2HH].[2HH].[2HH].[2HH].[2H][2H].[2H][2H].[2H][2H].[2H][2H].[Ir].[Ir].[Ir].[Ir].[Ir]. The number of nitrogens with zero attached hydrogens (tertiary/aromatic N) is 5. The Bertz CT molecular complexity index is 6150. The number of rotatable bonds is 13. The molecule has 5 heterocycles. The fourth-order valence-corrected chi connectivity index (χ4v) is 12.2. The Kier molecular flexibility index (Phi) is 46.6. The van der Waals surface area contributed by atoms with E-state index in [-0.39, 0.29) is 192 Å². The maximum absolute atomic E-state index is 13.3. The van der Waals surface area contributed by atoms with Crippen molar-refractivity contribution in [1.82, 2.24) is 24.9 Å². The molecule has 0 aliphatic carbocycles. The van der Waals surface area contributed by atoms with Crippen LogP contribution in [0.3, 0.4) is 0 Å². The number of carbonyl (C=O) groups excluding carboxylic acids is 8. The molecule has 0 spiro atoms. The molecule has 0 aliphatic heterocycles. The molecule has 0 saturated carbocycles. The first-order chi connectivity index (χ1) is 63.9. The van der Waals surface area contributed by atoms with Crippen LogP contribution in [0.15, 0.2) is 262 Å². The van der Waals surface area contributed by atoms with E-state index in [1.165, 1.54) is 92.4 Å². The van der Waals surface area contributed by atoms with E-state index in [0.717, 1.165) is 84.3 Å². The van der Waals surface area contributed by atoms with Crippen LogP contribution in [0.2, 0.25) is 0 Å². The van der Waals surface area contributed by atoms with Crippen molar-refractivity contribution in [2.24, 2.45) is 10.8 Å². The van der Waals surface area contributed by atoms with Gasteiger partial charge in [0.25, 0.3) is 0 Å². The molecule has 13 nitrogen and oxygen atoms in total. The van der Waals surface area contributed by atoms with E-state index in [4.69, 9.17) is 11.9 Å². The van der Waals surface area contributed by atoms with Gasteiger partial charge in [0.2, 0.25) is 0 Å². The van der Waals surface area contributed by atoms with Gasteiger partial charge in [-0.15, -0.1) is 142 Å². The van der Waals surface area contributed by atoms with E-state index in [1.54, 1.807) is 31.6 Å². The Morgan fingerprint density at radius 2 is 0.697 bits per heavy atom. The molecular weight excluding hydrogens is 2570 g/mol. The zero-order chi connectivity index (χ0) is 102. The topological polar surface area (TPSA) is 201 Å². The van der Waals surface area contributed by atoms with E-state index < -0.39 is 34.2 Å². The number of aryl methyl sites for hydroxylation is 2. The van der Waals surface area contributed by atoms with Crippen LogP contribution in [0.25, 0.3) is 110 Å². The van der Waals surface area contributed by atoms with Gasteiger partial charge in [0.15, 0.2) is 0 Å². The van der Waals surface area contributed by atoms with Crippen molar-refractivity contribution in [2.75, 3.05) is 0 Å². The number of hydrogen-bond acceptors (Lipinski definition) is 13. The summed E-state index contributed by atoms with van der Waals surface area (Å²) in [5, 5.41) is 10.7. The number of halogens is 6. The average molecular weight is 2710 g/mol. The fourth-order valence-electron chi connectivity index (χ4n) is 12.2. The Morgan fingerprint density at radius 1 is 0.348 bits per heavy atom. The number of fused-ring (bicyclic) bond motifs is 5. The van der Waals surface area contributed by atoms with Gasteiger partial charge in [0.05, 0.1) is 25.7 Å². The van der Waals surface area contributed by atoms with Crippen molar-refractivity contribution >= 4 is 100 Å².